The van der Waals surface area contributed by atoms with Gasteiger partial charge in [0.2, 0.25) is 15.9 Å². The molecule has 0 saturated carbocycles. The molecule has 0 bridgehead atoms. The molecule has 1 atom stereocenters. The summed E-state index contributed by atoms with van der Waals surface area (Å²) in [6.45, 7) is 1.70. The van der Waals surface area contributed by atoms with Gasteiger partial charge < -0.3 is 15.7 Å². The molecule has 0 aliphatic heterocycles. The molecule has 2 amide bonds. The van der Waals surface area contributed by atoms with Crippen molar-refractivity contribution >= 4 is 50.9 Å². The lowest BCUT2D eigenvalue weighted by Crippen LogP contribution is -2.22. The molecule has 0 aliphatic rings. The van der Waals surface area contributed by atoms with Gasteiger partial charge in [-0.3, -0.25) is 9.59 Å². The predicted octanol–water partition coefficient (Wildman–Crippen LogP) is 3.40. The maximum absolute atomic E-state index is 12.6. The second-order valence-electron chi connectivity index (χ2n) is 7.15. The average Bonchev–Trinajstić information content (AvgIpc) is 2.79. The summed E-state index contributed by atoms with van der Waals surface area (Å²) in [4.78, 5) is 37.1. The number of primary sulfonamides is 1. The van der Waals surface area contributed by atoms with Crippen LogP contribution in [0.2, 0.25) is 0 Å². The van der Waals surface area contributed by atoms with E-state index < -0.39 is 27.1 Å². The van der Waals surface area contributed by atoms with Gasteiger partial charge in [0.1, 0.15) is 0 Å². The van der Waals surface area contributed by atoms with E-state index in [1.54, 1.807) is 43.3 Å². The number of nitrogens with two attached hydrogens (primary N) is 1. The van der Waals surface area contributed by atoms with Gasteiger partial charge in [-0.25, -0.2) is 18.4 Å². The van der Waals surface area contributed by atoms with Crippen molar-refractivity contribution in [3.05, 3.63) is 83.9 Å². The van der Waals surface area contributed by atoms with Gasteiger partial charge in [0.15, 0.2) is 0 Å². The monoisotopic (exact) mass is 499 g/mol. The largest absolute Gasteiger partial charge is 0.478 e. The summed E-state index contributed by atoms with van der Waals surface area (Å²) in [5.74, 6) is -2.07. The Morgan fingerprint density at radius 1 is 0.882 bits per heavy atom. The Morgan fingerprint density at radius 3 is 2.15 bits per heavy atom. The predicted molar refractivity (Wildman–Crippen MR) is 130 cm³/mol. The Hall–Kier alpha value is -3.67. The van der Waals surface area contributed by atoms with E-state index >= 15 is 0 Å². The van der Waals surface area contributed by atoms with Gasteiger partial charge >= 0.3 is 5.97 Å². The number of benzene rings is 3. The maximum Gasteiger partial charge on any atom is 0.336 e. The first-order valence-corrected chi connectivity index (χ1v) is 12.3. The van der Waals surface area contributed by atoms with Crippen molar-refractivity contribution in [2.45, 2.75) is 22.0 Å². The maximum atomic E-state index is 12.6. The number of carboxylic acids is 1. The highest BCUT2D eigenvalue weighted by molar-refractivity contribution is 8.00. The lowest BCUT2D eigenvalue weighted by Gasteiger charge is -2.13. The van der Waals surface area contributed by atoms with Crippen LogP contribution in [0.3, 0.4) is 0 Å². The third-order valence-electron chi connectivity index (χ3n) is 4.63. The highest BCUT2D eigenvalue weighted by Gasteiger charge is 2.18. The van der Waals surface area contributed by atoms with Crippen LogP contribution in [0.25, 0.3) is 0 Å². The van der Waals surface area contributed by atoms with Crippen LogP contribution in [-0.2, 0) is 14.8 Å². The number of rotatable bonds is 8. The SMILES string of the molecule is CC(Sc1cccc(NC(=O)c2ccccc2C(=O)O)c1)C(=O)Nc1ccc(S(N)(=O)=O)cc1. The topological polar surface area (TPSA) is 156 Å². The molecule has 0 fully saturated rings. The normalized spacial score (nSPS) is 11.9. The Balaban J connectivity index is 1.65. The first-order chi connectivity index (χ1) is 16.0. The fraction of sp³-hybridized carbons (Fsp3) is 0.0870. The highest BCUT2D eigenvalue weighted by Crippen LogP contribution is 2.27. The van der Waals surface area contributed by atoms with Gasteiger partial charge in [0.05, 0.1) is 21.3 Å². The molecule has 11 heteroatoms. The summed E-state index contributed by atoms with van der Waals surface area (Å²) in [5, 5.41) is 19.2. The van der Waals surface area contributed by atoms with E-state index in [9.17, 15) is 27.9 Å². The van der Waals surface area contributed by atoms with E-state index in [4.69, 9.17) is 5.14 Å². The lowest BCUT2D eigenvalue weighted by atomic mass is 10.1. The minimum absolute atomic E-state index is 0.0363. The molecule has 1 unspecified atom stereocenters. The molecule has 0 aromatic heterocycles. The van der Waals surface area contributed by atoms with Crippen molar-refractivity contribution in [2.24, 2.45) is 5.14 Å². The zero-order valence-electron chi connectivity index (χ0n) is 17.9. The number of hydrogen-bond donors (Lipinski definition) is 4. The van der Waals surface area contributed by atoms with Gasteiger partial charge in [-0.15, -0.1) is 11.8 Å². The molecule has 0 radical (unpaired) electrons. The second-order valence-corrected chi connectivity index (χ2v) is 10.1. The van der Waals surface area contributed by atoms with Gasteiger partial charge in [-0.2, -0.15) is 0 Å². The van der Waals surface area contributed by atoms with Gasteiger partial charge in [-0.05, 0) is 61.5 Å². The summed E-state index contributed by atoms with van der Waals surface area (Å²) in [7, 11) is -3.82. The molecule has 5 N–H and O–H groups in total. The molecular formula is C23H21N3O6S2. The molecule has 0 aliphatic carbocycles. The zero-order valence-corrected chi connectivity index (χ0v) is 19.5. The van der Waals surface area contributed by atoms with Crippen molar-refractivity contribution in [1.82, 2.24) is 0 Å². The fourth-order valence-corrected chi connectivity index (χ4v) is 4.38. The standard InChI is InChI=1S/C23H21N3O6S2/c1-14(21(27)25-15-9-11-18(12-10-15)34(24,31)32)33-17-6-4-5-16(13-17)26-22(28)19-7-2-3-8-20(19)23(29)30/h2-14H,1H3,(H,25,27)(H,26,28)(H,29,30)(H2,24,31,32). The average molecular weight is 500 g/mol. The Bertz CT molecular complexity index is 1340. The summed E-state index contributed by atoms with van der Waals surface area (Å²) in [6, 6.07) is 18.2. The number of hydrogen-bond acceptors (Lipinski definition) is 6. The van der Waals surface area contributed by atoms with Crippen LogP contribution < -0.4 is 15.8 Å². The summed E-state index contributed by atoms with van der Waals surface area (Å²) in [5.41, 5.74) is 0.798. The molecule has 176 valence electrons. The first kappa shape index (κ1) is 25.0. The number of nitrogens with one attached hydrogen (secondary N) is 2. The quantitative estimate of drug-likeness (QED) is 0.346. The fourth-order valence-electron chi connectivity index (χ4n) is 2.94. The van der Waals surface area contributed by atoms with Crippen molar-refractivity contribution in [2.75, 3.05) is 10.6 Å². The Morgan fingerprint density at radius 2 is 1.53 bits per heavy atom. The van der Waals surface area contributed by atoms with Crippen LogP contribution in [0.15, 0.2) is 82.6 Å². The van der Waals surface area contributed by atoms with E-state index in [0.717, 1.165) is 0 Å². The molecule has 34 heavy (non-hydrogen) atoms. The lowest BCUT2D eigenvalue weighted by molar-refractivity contribution is -0.115. The number of carbonyl (C=O) groups is 3. The summed E-state index contributed by atoms with van der Waals surface area (Å²) in [6.07, 6.45) is 0. The minimum Gasteiger partial charge on any atom is -0.478 e. The smallest absolute Gasteiger partial charge is 0.336 e. The van der Waals surface area contributed by atoms with Crippen molar-refractivity contribution < 1.29 is 27.9 Å². The van der Waals surface area contributed by atoms with Crippen LogP contribution in [0.4, 0.5) is 11.4 Å². The number of anilines is 2. The molecule has 0 spiro atoms. The number of amides is 2. The van der Waals surface area contributed by atoms with E-state index in [0.29, 0.717) is 16.3 Å². The number of carboxylic acid groups (broad SMARTS) is 1. The summed E-state index contributed by atoms with van der Waals surface area (Å²) < 4.78 is 22.7. The summed E-state index contributed by atoms with van der Waals surface area (Å²) >= 11 is 1.25. The number of sulfonamides is 1. The second kappa shape index (κ2) is 10.5. The van der Waals surface area contributed by atoms with Crippen LogP contribution in [0.5, 0.6) is 0 Å². The van der Waals surface area contributed by atoms with Crippen LogP contribution >= 0.6 is 11.8 Å². The molecule has 3 aromatic rings. The Labute approximate surface area is 200 Å². The third kappa shape index (κ3) is 6.44. The number of carbonyl (C=O) groups excluding carboxylic acids is 2. The molecular weight excluding hydrogens is 478 g/mol. The molecule has 3 rings (SSSR count). The van der Waals surface area contributed by atoms with Crippen molar-refractivity contribution in [3.63, 3.8) is 0 Å². The van der Waals surface area contributed by atoms with E-state index in [2.05, 4.69) is 10.6 Å². The molecule has 9 nitrogen and oxygen atoms in total. The zero-order chi connectivity index (χ0) is 24.9. The van der Waals surface area contributed by atoms with Crippen LogP contribution in [-0.4, -0.2) is 36.6 Å². The number of thioether (sulfide) groups is 1. The first-order valence-electron chi connectivity index (χ1n) is 9.89. The van der Waals surface area contributed by atoms with E-state index in [1.165, 1.54) is 48.2 Å². The number of aromatic carboxylic acids is 1. The van der Waals surface area contributed by atoms with Crippen LogP contribution in [0.1, 0.15) is 27.6 Å². The van der Waals surface area contributed by atoms with Gasteiger partial charge in [-0.1, -0.05) is 18.2 Å². The molecule has 3 aromatic carbocycles. The van der Waals surface area contributed by atoms with Gasteiger partial charge in [0.25, 0.3) is 5.91 Å². The van der Waals surface area contributed by atoms with Crippen molar-refractivity contribution in [1.29, 1.82) is 0 Å². The Kier molecular flexibility index (Phi) is 7.72. The van der Waals surface area contributed by atoms with Gasteiger partial charge in [0, 0.05) is 16.3 Å². The van der Waals surface area contributed by atoms with Crippen LogP contribution in [0, 0.1) is 0 Å². The highest BCUT2D eigenvalue weighted by atomic mass is 32.2. The van der Waals surface area contributed by atoms with E-state index in [1.807, 2.05) is 0 Å². The molecule has 0 heterocycles. The van der Waals surface area contributed by atoms with Crippen molar-refractivity contribution in [3.8, 4) is 0 Å². The minimum atomic E-state index is -3.82. The molecule has 0 saturated heterocycles. The third-order valence-corrected chi connectivity index (χ3v) is 6.65. The van der Waals surface area contributed by atoms with E-state index in [-0.39, 0.29) is 21.9 Å².